The molecule has 1 aromatic rings. The molecule has 0 saturated carbocycles. The largest absolute Gasteiger partial charge is 0.345 e. The second-order valence-corrected chi connectivity index (χ2v) is 6.07. The first-order chi connectivity index (χ1) is 8.93. The fourth-order valence-corrected chi connectivity index (χ4v) is 2.43. The normalized spacial score (nSPS) is 11.8. The molecule has 1 atom stereocenters. The topological polar surface area (TPSA) is 58.2 Å². The average Bonchev–Trinajstić information content (AvgIpc) is 2.34. The molecule has 6 heteroatoms. The lowest BCUT2D eigenvalue weighted by Gasteiger charge is -2.13. The van der Waals surface area contributed by atoms with Gasteiger partial charge in [-0.05, 0) is 37.8 Å². The zero-order chi connectivity index (χ0) is 14.4. The van der Waals surface area contributed by atoms with E-state index in [1.807, 2.05) is 32.2 Å². The van der Waals surface area contributed by atoms with Gasteiger partial charge >= 0.3 is 11.8 Å². The molecule has 1 rings (SSSR count). The standard InChI is InChI=1S/C13H17BrN2O2S/c1-8-4-5-10(14)6-11(8)16-13(18)12(17)15-9(2)7-19-3/h4-6,9H,7H2,1-3H3,(H,15,17)(H,16,18). The quantitative estimate of drug-likeness (QED) is 0.825. The summed E-state index contributed by atoms with van der Waals surface area (Å²) in [5.41, 5.74) is 1.54. The lowest BCUT2D eigenvalue weighted by molar-refractivity contribution is -0.136. The van der Waals surface area contributed by atoms with Crippen LogP contribution in [-0.4, -0.2) is 29.9 Å². The third kappa shape index (κ3) is 5.24. The number of thioether (sulfide) groups is 1. The first-order valence-electron chi connectivity index (χ1n) is 5.81. The Balaban J connectivity index is 2.64. The number of carbonyl (C=O) groups excluding carboxylic acids is 2. The number of amides is 2. The lowest BCUT2D eigenvalue weighted by atomic mass is 10.2. The van der Waals surface area contributed by atoms with Gasteiger partial charge in [-0.15, -0.1) is 0 Å². The summed E-state index contributed by atoms with van der Waals surface area (Å²) in [7, 11) is 0. The van der Waals surface area contributed by atoms with Crippen molar-refractivity contribution in [1.82, 2.24) is 5.32 Å². The van der Waals surface area contributed by atoms with Crippen LogP contribution in [0.1, 0.15) is 12.5 Å². The van der Waals surface area contributed by atoms with Crippen LogP contribution < -0.4 is 10.6 Å². The molecule has 2 N–H and O–H groups in total. The summed E-state index contributed by atoms with van der Waals surface area (Å²) in [5, 5.41) is 5.26. The van der Waals surface area contributed by atoms with Gasteiger partial charge in [-0.1, -0.05) is 22.0 Å². The first-order valence-corrected chi connectivity index (χ1v) is 7.99. The SMILES string of the molecule is CSCC(C)NC(=O)C(=O)Nc1cc(Br)ccc1C. The molecular formula is C13H17BrN2O2S. The average molecular weight is 345 g/mol. The molecule has 0 aliphatic rings. The van der Waals surface area contributed by atoms with Crippen molar-refractivity contribution in [2.75, 3.05) is 17.3 Å². The van der Waals surface area contributed by atoms with E-state index in [9.17, 15) is 9.59 Å². The van der Waals surface area contributed by atoms with Gasteiger partial charge in [0.05, 0.1) is 0 Å². The molecule has 4 nitrogen and oxygen atoms in total. The second-order valence-electron chi connectivity index (χ2n) is 4.24. The van der Waals surface area contributed by atoms with Gasteiger partial charge in [-0.2, -0.15) is 11.8 Å². The minimum absolute atomic E-state index is 0.0307. The van der Waals surface area contributed by atoms with Crippen molar-refractivity contribution in [1.29, 1.82) is 0 Å². The van der Waals surface area contributed by atoms with Crippen molar-refractivity contribution in [2.24, 2.45) is 0 Å². The van der Waals surface area contributed by atoms with E-state index in [0.717, 1.165) is 15.8 Å². The molecule has 0 aromatic heterocycles. The van der Waals surface area contributed by atoms with Crippen LogP contribution in [-0.2, 0) is 9.59 Å². The van der Waals surface area contributed by atoms with Crippen LogP contribution in [0.5, 0.6) is 0 Å². The summed E-state index contributed by atoms with van der Waals surface area (Å²) in [6.45, 7) is 3.74. The van der Waals surface area contributed by atoms with Gasteiger partial charge in [-0.25, -0.2) is 0 Å². The molecule has 0 spiro atoms. The van der Waals surface area contributed by atoms with Crippen molar-refractivity contribution < 1.29 is 9.59 Å². The highest BCUT2D eigenvalue weighted by molar-refractivity contribution is 9.10. The van der Waals surface area contributed by atoms with E-state index in [0.29, 0.717) is 5.69 Å². The number of aryl methyl sites for hydroxylation is 1. The summed E-state index contributed by atoms with van der Waals surface area (Å²) < 4.78 is 0.851. The summed E-state index contributed by atoms with van der Waals surface area (Å²) in [6, 6.07) is 5.49. The minimum atomic E-state index is -0.644. The highest BCUT2D eigenvalue weighted by atomic mass is 79.9. The minimum Gasteiger partial charge on any atom is -0.345 e. The fourth-order valence-electron chi connectivity index (χ4n) is 1.49. The number of carbonyl (C=O) groups is 2. The van der Waals surface area contributed by atoms with Crippen molar-refractivity contribution in [3.8, 4) is 0 Å². The lowest BCUT2D eigenvalue weighted by Crippen LogP contribution is -2.41. The van der Waals surface area contributed by atoms with Crippen LogP contribution >= 0.6 is 27.7 Å². The molecule has 0 heterocycles. The molecule has 1 aromatic carbocycles. The van der Waals surface area contributed by atoms with Crippen LogP contribution in [0.4, 0.5) is 5.69 Å². The zero-order valence-electron chi connectivity index (χ0n) is 11.1. The van der Waals surface area contributed by atoms with Gasteiger partial charge in [0.15, 0.2) is 0 Å². The predicted octanol–water partition coefficient (Wildman–Crippen LogP) is 2.56. The highest BCUT2D eigenvalue weighted by Gasteiger charge is 2.16. The second kappa shape index (κ2) is 7.55. The number of anilines is 1. The number of hydrogen-bond donors (Lipinski definition) is 2. The number of halogens is 1. The smallest absolute Gasteiger partial charge is 0.313 e. The molecule has 0 saturated heterocycles. The maximum atomic E-state index is 11.8. The zero-order valence-corrected chi connectivity index (χ0v) is 13.5. The Morgan fingerprint density at radius 2 is 2.05 bits per heavy atom. The molecule has 0 fully saturated rings. The van der Waals surface area contributed by atoms with E-state index in [1.54, 1.807) is 17.8 Å². The number of rotatable bonds is 4. The van der Waals surface area contributed by atoms with Crippen LogP contribution in [0.25, 0.3) is 0 Å². The Morgan fingerprint density at radius 3 is 2.68 bits per heavy atom. The van der Waals surface area contributed by atoms with E-state index in [4.69, 9.17) is 0 Å². The van der Waals surface area contributed by atoms with Gasteiger partial charge in [0.1, 0.15) is 0 Å². The maximum absolute atomic E-state index is 11.8. The van der Waals surface area contributed by atoms with E-state index in [2.05, 4.69) is 26.6 Å². The summed E-state index contributed by atoms with van der Waals surface area (Å²) >= 11 is 4.95. The van der Waals surface area contributed by atoms with Crippen molar-refractivity contribution in [2.45, 2.75) is 19.9 Å². The molecule has 0 aliphatic heterocycles. The van der Waals surface area contributed by atoms with Gasteiger partial charge in [0, 0.05) is 22.0 Å². The molecule has 0 radical (unpaired) electrons. The van der Waals surface area contributed by atoms with Gasteiger partial charge in [-0.3, -0.25) is 9.59 Å². The monoisotopic (exact) mass is 344 g/mol. The predicted molar refractivity (Wildman–Crippen MR) is 83.5 cm³/mol. The summed E-state index contributed by atoms with van der Waals surface area (Å²) in [4.78, 5) is 23.5. The van der Waals surface area contributed by atoms with Crippen molar-refractivity contribution in [3.63, 3.8) is 0 Å². The third-order valence-electron chi connectivity index (χ3n) is 2.45. The summed E-state index contributed by atoms with van der Waals surface area (Å²) in [6.07, 6.45) is 1.95. The molecular weight excluding hydrogens is 328 g/mol. The number of benzene rings is 1. The van der Waals surface area contributed by atoms with E-state index in [1.165, 1.54) is 0 Å². The van der Waals surface area contributed by atoms with Gasteiger partial charge < -0.3 is 10.6 Å². The number of hydrogen-bond acceptors (Lipinski definition) is 3. The van der Waals surface area contributed by atoms with Crippen molar-refractivity contribution >= 4 is 45.2 Å². The van der Waals surface area contributed by atoms with Gasteiger partial charge in [0.2, 0.25) is 0 Å². The van der Waals surface area contributed by atoms with E-state index in [-0.39, 0.29) is 6.04 Å². The Hall–Kier alpha value is -1.01. The van der Waals surface area contributed by atoms with Crippen LogP contribution in [0, 0.1) is 6.92 Å². The molecule has 0 aliphatic carbocycles. The Labute approximate surface area is 125 Å². The van der Waals surface area contributed by atoms with Crippen LogP contribution in [0.15, 0.2) is 22.7 Å². The maximum Gasteiger partial charge on any atom is 0.313 e. The Morgan fingerprint density at radius 1 is 1.37 bits per heavy atom. The van der Waals surface area contributed by atoms with Crippen molar-refractivity contribution in [3.05, 3.63) is 28.2 Å². The Bertz CT molecular complexity index is 480. The molecule has 1 unspecified atom stereocenters. The van der Waals surface area contributed by atoms with E-state index < -0.39 is 11.8 Å². The van der Waals surface area contributed by atoms with E-state index >= 15 is 0 Å². The highest BCUT2D eigenvalue weighted by Crippen LogP contribution is 2.20. The Kier molecular flexibility index (Phi) is 6.37. The molecule has 0 bridgehead atoms. The molecule has 2 amide bonds. The van der Waals surface area contributed by atoms with Gasteiger partial charge in [0.25, 0.3) is 0 Å². The van der Waals surface area contributed by atoms with Crippen LogP contribution in [0.2, 0.25) is 0 Å². The summed E-state index contributed by atoms with van der Waals surface area (Å²) in [5.74, 6) is -0.482. The fraction of sp³-hybridized carbons (Fsp3) is 0.385. The number of nitrogens with one attached hydrogen (secondary N) is 2. The molecule has 19 heavy (non-hydrogen) atoms. The molecule has 104 valence electrons. The third-order valence-corrected chi connectivity index (χ3v) is 3.77. The van der Waals surface area contributed by atoms with Crippen LogP contribution in [0.3, 0.4) is 0 Å². The first kappa shape index (κ1) is 16.0.